The second-order valence-electron chi connectivity index (χ2n) is 7.08. The number of aromatic nitrogens is 2. The van der Waals surface area contributed by atoms with E-state index in [-0.39, 0.29) is 12.0 Å². The molecule has 1 aliphatic rings. The Morgan fingerprint density at radius 3 is 2.57 bits per heavy atom. The predicted molar refractivity (Wildman–Crippen MR) is 113 cm³/mol. The van der Waals surface area contributed by atoms with Gasteiger partial charge in [-0.3, -0.25) is 28.0 Å². The standard InChI is InChI=1S/C13H21F2N6O11P3/c1-3-17-33(24,25)13(14,15)34(26,27)32-35(28,29)30-6-9-8(19-20-16)4-10(31-9)21-5-7(2)11(22)18-12(21)23/h5,8-10H,3-4,6H2,1-2H3,(H,26,27)(H,28,29)(H2,17,24,25)(H,18,22,23)/t8-,9+,10+/m0/s1. The predicted octanol–water partition coefficient (Wildman–Crippen LogP) is 1.48. The van der Waals surface area contributed by atoms with Crippen molar-refractivity contribution < 1.29 is 50.7 Å². The van der Waals surface area contributed by atoms with E-state index in [0.717, 1.165) is 17.7 Å². The lowest BCUT2D eigenvalue weighted by Crippen LogP contribution is -2.33. The van der Waals surface area contributed by atoms with E-state index in [1.54, 1.807) is 0 Å². The number of hydrogen-bond acceptors (Lipinski definition) is 9. The summed E-state index contributed by atoms with van der Waals surface area (Å²) >= 11 is 0. The molecule has 0 bridgehead atoms. The van der Waals surface area contributed by atoms with Gasteiger partial charge in [-0.05, 0) is 12.5 Å². The Balaban J connectivity index is 2.19. The second-order valence-corrected chi connectivity index (χ2v) is 12.9. The smallest absolute Gasteiger partial charge is 0.352 e. The van der Waals surface area contributed by atoms with Gasteiger partial charge in [0.1, 0.15) is 6.23 Å². The maximum absolute atomic E-state index is 14.1. The molecule has 0 aliphatic carbocycles. The van der Waals surface area contributed by atoms with Gasteiger partial charge in [0.2, 0.25) is 0 Å². The van der Waals surface area contributed by atoms with Gasteiger partial charge in [0.25, 0.3) is 5.56 Å². The van der Waals surface area contributed by atoms with Gasteiger partial charge >= 0.3 is 34.0 Å². The third-order valence-corrected chi connectivity index (χ3v) is 10.5. The van der Waals surface area contributed by atoms with Gasteiger partial charge in [-0.2, -0.15) is 8.78 Å². The molecule has 6 atom stereocenters. The number of nitrogens with one attached hydrogen (secondary N) is 2. The fourth-order valence-corrected chi connectivity index (χ4v) is 7.45. The molecule has 0 amide bonds. The molecule has 3 unspecified atom stereocenters. The van der Waals surface area contributed by atoms with E-state index >= 15 is 0 Å². The third-order valence-electron chi connectivity index (χ3n) is 4.55. The van der Waals surface area contributed by atoms with E-state index in [1.165, 1.54) is 12.0 Å². The molecular formula is C13H21F2N6O11P3. The van der Waals surface area contributed by atoms with Gasteiger partial charge < -0.3 is 19.4 Å². The van der Waals surface area contributed by atoms with E-state index in [2.05, 4.69) is 18.9 Å². The molecule has 198 valence electrons. The zero-order chi connectivity index (χ0) is 26.8. The molecule has 0 radical (unpaired) electrons. The Labute approximate surface area is 194 Å². The van der Waals surface area contributed by atoms with Crippen LogP contribution >= 0.6 is 22.9 Å². The summed E-state index contributed by atoms with van der Waals surface area (Å²) in [5.41, 5.74) is 7.31. The molecule has 0 spiro atoms. The highest BCUT2D eigenvalue weighted by atomic mass is 31.3. The molecular weight excluding hydrogens is 547 g/mol. The Kier molecular flexibility index (Phi) is 9.02. The zero-order valence-corrected chi connectivity index (χ0v) is 20.6. The summed E-state index contributed by atoms with van der Waals surface area (Å²) in [6.07, 6.45) is -1.59. The van der Waals surface area contributed by atoms with E-state index in [9.17, 15) is 46.7 Å². The number of rotatable bonds is 11. The van der Waals surface area contributed by atoms with Gasteiger partial charge in [-0.1, -0.05) is 12.0 Å². The number of H-pyrrole nitrogens is 1. The van der Waals surface area contributed by atoms with Crippen LogP contribution in [-0.2, 0) is 27.3 Å². The van der Waals surface area contributed by atoms with Crippen molar-refractivity contribution in [1.29, 1.82) is 0 Å². The minimum Gasteiger partial charge on any atom is -0.352 e. The highest BCUT2D eigenvalue weighted by Crippen LogP contribution is 2.77. The SMILES string of the molecule is CCNP(=O)(O)C(F)(F)P(=O)(O)OP(=O)(O)OC[C@H]1O[C@@H](n2cc(C)c(=O)[nH]c2=O)C[C@@H]1N=[N+]=[N-]. The van der Waals surface area contributed by atoms with Gasteiger partial charge in [0.05, 0.1) is 18.8 Å². The van der Waals surface area contributed by atoms with Crippen LogP contribution in [0.1, 0.15) is 25.1 Å². The highest BCUT2D eigenvalue weighted by molar-refractivity contribution is 7.77. The van der Waals surface area contributed by atoms with Crippen molar-refractivity contribution in [2.75, 3.05) is 13.2 Å². The normalized spacial score (nSPS) is 25.7. The first kappa shape index (κ1) is 29.5. The lowest BCUT2D eigenvalue weighted by molar-refractivity contribution is -0.0268. The van der Waals surface area contributed by atoms with Crippen molar-refractivity contribution in [3.05, 3.63) is 43.0 Å². The molecule has 35 heavy (non-hydrogen) atoms. The van der Waals surface area contributed by atoms with Crippen LogP contribution in [0.15, 0.2) is 20.9 Å². The van der Waals surface area contributed by atoms with Crippen LogP contribution in [0.5, 0.6) is 0 Å². The van der Waals surface area contributed by atoms with Crippen LogP contribution in [0.3, 0.4) is 0 Å². The minimum atomic E-state index is -6.58. The first-order chi connectivity index (χ1) is 16.0. The number of ether oxygens (including phenoxy) is 1. The summed E-state index contributed by atoms with van der Waals surface area (Å²) in [6.45, 7) is 0.981. The van der Waals surface area contributed by atoms with Crippen molar-refractivity contribution in [3.8, 4) is 0 Å². The number of halogens is 2. The molecule has 1 aromatic rings. The van der Waals surface area contributed by atoms with Gasteiger partial charge in [0, 0.05) is 29.6 Å². The van der Waals surface area contributed by atoms with Crippen molar-refractivity contribution in [2.45, 2.75) is 44.0 Å². The Bertz CT molecular complexity index is 1260. The lowest BCUT2D eigenvalue weighted by atomic mass is 10.1. The second kappa shape index (κ2) is 10.7. The number of hydrogen-bond donors (Lipinski definition) is 5. The monoisotopic (exact) mass is 568 g/mol. The summed E-state index contributed by atoms with van der Waals surface area (Å²) in [5.74, 6) is 0. The molecule has 2 heterocycles. The summed E-state index contributed by atoms with van der Waals surface area (Å²) in [5, 5.41) is -0.591. The van der Waals surface area contributed by atoms with E-state index in [1.807, 2.05) is 4.98 Å². The molecule has 0 saturated carbocycles. The van der Waals surface area contributed by atoms with Crippen LogP contribution < -0.4 is 16.3 Å². The number of phosphoric ester groups is 1. The van der Waals surface area contributed by atoms with Crippen molar-refractivity contribution >= 4 is 22.9 Å². The Hall–Kier alpha value is -1.74. The maximum Gasteiger partial charge on any atom is 0.479 e. The van der Waals surface area contributed by atoms with Crippen molar-refractivity contribution in [1.82, 2.24) is 14.6 Å². The maximum atomic E-state index is 14.1. The van der Waals surface area contributed by atoms with Crippen LogP contribution in [0, 0.1) is 6.92 Å². The molecule has 17 nitrogen and oxygen atoms in total. The van der Waals surface area contributed by atoms with Gasteiger partial charge in [-0.15, -0.1) is 0 Å². The van der Waals surface area contributed by atoms with E-state index < -0.39 is 71.1 Å². The molecule has 1 aliphatic heterocycles. The molecule has 0 aromatic carbocycles. The number of aromatic amines is 1. The number of azide groups is 1. The first-order valence-electron chi connectivity index (χ1n) is 9.47. The molecule has 1 fully saturated rings. The molecule has 1 saturated heterocycles. The number of nitrogens with zero attached hydrogens (tertiary/aromatic N) is 4. The average Bonchev–Trinajstić information content (AvgIpc) is 3.11. The van der Waals surface area contributed by atoms with Gasteiger partial charge in [0.15, 0.2) is 0 Å². The Morgan fingerprint density at radius 1 is 1.37 bits per heavy atom. The number of aryl methyl sites for hydroxylation is 1. The molecule has 5 N–H and O–H groups in total. The van der Waals surface area contributed by atoms with E-state index in [4.69, 9.17) is 10.3 Å². The third kappa shape index (κ3) is 6.53. The molecule has 1 aromatic heterocycles. The number of alkyl halides is 2. The van der Waals surface area contributed by atoms with Crippen LogP contribution in [0.2, 0.25) is 0 Å². The largest absolute Gasteiger partial charge is 0.479 e. The summed E-state index contributed by atoms with van der Waals surface area (Å²) in [7, 11) is -18.2. The van der Waals surface area contributed by atoms with Crippen molar-refractivity contribution in [3.63, 3.8) is 0 Å². The Morgan fingerprint density at radius 2 is 2.00 bits per heavy atom. The molecule has 22 heteroatoms. The van der Waals surface area contributed by atoms with E-state index in [0.29, 0.717) is 0 Å². The summed E-state index contributed by atoms with van der Waals surface area (Å²) in [6, 6.07) is -1.14. The molecule has 2 rings (SSSR count). The van der Waals surface area contributed by atoms with Crippen molar-refractivity contribution in [2.24, 2.45) is 5.11 Å². The topological polar surface area (TPSA) is 255 Å². The fourth-order valence-electron chi connectivity index (χ4n) is 2.88. The average molecular weight is 568 g/mol. The van der Waals surface area contributed by atoms with Crippen LogP contribution in [0.4, 0.5) is 8.78 Å². The quantitative estimate of drug-likeness (QED) is 0.110. The zero-order valence-electron chi connectivity index (χ0n) is 17.9. The van der Waals surface area contributed by atoms with Crippen LogP contribution in [-0.4, -0.2) is 54.9 Å². The summed E-state index contributed by atoms with van der Waals surface area (Å²) < 4.78 is 78.3. The fraction of sp³-hybridized carbons (Fsp3) is 0.692. The van der Waals surface area contributed by atoms with Gasteiger partial charge in [-0.25, -0.2) is 18.8 Å². The number of phosphoric acid groups is 1. The lowest BCUT2D eigenvalue weighted by Gasteiger charge is -2.27. The first-order valence-corrected chi connectivity index (χ1v) is 14.2. The highest BCUT2D eigenvalue weighted by Gasteiger charge is 2.66. The summed E-state index contributed by atoms with van der Waals surface area (Å²) in [4.78, 5) is 56.6. The minimum absolute atomic E-state index is 0.125. The van der Waals surface area contributed by atoms with Crippen LogP contribution in [0.25, 0.3) is 10.4 Å².